The highest BCUT2D eigenvalue weighted by Crippen LogP contribution is 2.27. The van der Waals surface area contributed by atoms with Gasteiger partial charge in [0.25, 0.3) is 11.8 Å². The van der Waals surface area contributed by atoms with Crippen LogP contribution in [0.4, 0.5) is 0 Å². The van der Waals surface area contributed by atoms with Crippen molar-refractivity contribution in [3.8, 4) is 11.5 Å². The summed E-state index contributed by atoms with van der Waals surface area (Å²) in [4.78, 5) is 28.5. The molecule has 0 fully saturated rings. The lowest BCUT2D eigenvalue weighted by Gasteiger charge is -2.10. The van der Waals surface area contributed by atoms with Gasteiger partial charge in [0.1, 0.15) is 5.69 Å². The van der Waals surface area contributed by atoms with Crippen molar-refractivity contribution in [3.05, 3.63) is 53.3 Å². The lowest BCUT2D eigenvalue weighted by atomic mass is 10.1. The van der Waals surface area contributed by atoms with E-state index < -0.39 is 0 Å². The van der Waals surface area contributed by atoms with Crippen molar-refractivity contribution in [2.24, 2.45) is 0 Å². The van der Waals surface area contributed by atoms with Crippen LogP contribution in [-0.2, 0) is 6.42 Å². The van der Waals surface area contributed by atoms with Crippen molar-refractivity contribution in [1.82, 2.24) is 15.6 Å². The molecule has 150 valence electrons. The van der Waals surface area contributed by atoms with E-state index in [-0.39, 0.29) is 17.5 Å². The van der Waals surface area contributed by atoms with Crippen LogP contribution in [0, 0.1) is 0 Å². The Labute approximate surface area is 165 Å². The quantitative estimate of drug-likeness (QED) is 0.614. The molecule has 0 aliphatic rings. The predicted octanol–water partition coefficient (Wildman–Crippen LogP) is 2.60. The van der Waals surface area contributed by atoms with E-state index in [0.29, 0.717) is 36.6 Å². The standard InChI is InChI=1S/C21H27N3O4/c1-4-5-10-23-21(26)17-14-16(9-12-22-17)20(25)24-11-8-15-6-7-18(27-2)19(13-15)28-3/h6-7,9,12-14H,4-5,8,10-11H2,1-3H3,(H,23,26)(H,24,25). The van der Waals surface area contributed by atoms with Crippen LogP contribution in [0.3, 0.4) is 0 Å². The molecule has 0 aliphatic carbocycles. The van der Waals surface area contributed by atoms with Crippen LogP contribution in [0.1, 0.15) is 46.2 Å². The van der Waals surface area contributed by atoms with Crippen molar-refractivity contribution < 1.29 is 19.1 Å². The molecule has 2 aromatic rings. The number of ether oxygens (including phenoxy) is 2. The van der Waals surface area contributed by atoms with E-state index in [2.05, 4.69) is 22.5 Å². The normalized spacial score (nSPS) is 10.2. The molecule has 0 saturated carbocycles. The SMILES string of the molecule is CCCCNC(=O)c1cc(C(=O)NCCc2ccc(OC)c(OC)c2)ccn1. The van der Waals surface area contributed by atoms with Gasteiger partial charge >= 0.3 is 0 Å². The first-order valence-corrected chi connectivity index (χ1v) is 9.32. The van der Waals surface area contributed by atoms with Gasteiger partial charge in [-0.1, -0.05) is 19.4 Å². The van der Waals surface area contributed by atoms with E-state index in [1.54, 1.807) is 20.3 Å². The average Bonchev–Trinajstić information content (AvgIpc) is 2.73. The fraction of sp³-hybridized carbons (Fsp3) is 0.381. The zero-order valence-electron chi connectivity index (χ0n) is 16.6. The number of amides is 2. The summed E-state index contributed by atoms with van der Waals surface area (Å²) in [5.74, 6) is 0.801. The number of hydrogen-bond acceptors (Lipinski definition) is 5. The monoisotopic (exact) mass is 385 g/mol. The summed E-state index contributed by atoms with van der Waals surface area (Å²) in [6.07, 6.45) is 4.01. The maximum atomic E-state index is 12.4. The molecular formula is C21H27N3O4. The first-order valence-electron chi connectivity index (χ1n) is 9.32. The van der Waals surface area contributed by atoms with Gasteiger partial charge in [0, 0.05) is 24.8 Å². The molecule has 2 rings (SSSR count). The first-order chi connectivity index (χ1) is 13.6. The van der Waals surface area contributed by atoms with Crippen LogP contribution in [0.5, 0.6) is 11.5 Å². The van der Waals surface area contributed by atoms with Crippen molar-refractivity contribution in [2.75, 3.05) is 27.3 Å². The number of aromatic nitrogens is 1. The molecule has 0 radical (unpaired) electrons. The van der Waals surface area contributed by atoms with E-state index >= 15 is 0 Å². The molecule has 1 heterocycles. The van der Waals surface area contributed by atoms with E-state index in [0.717, 1.165) is 18.4 Å². The lowest BCUT2D eigenvalue weighted by Crippen LogP contribution is -2.28. The van der Waals surface area contributed by atoms with Crippen molar-refractivity contribution in [3.63, 3.8) is 0 Å². The summed E-state index contributed by atoms with van der Waals surface area (Å²) in [5, 5.41) is 5.66. The molecule has 0 bridgehead atoms. The molecular weight excluding hydrogens is 358 g/mol. The molecule has 0 atom stereocenters. The fourth-order valence-corrected chi connectivity index (χ4v) is 2.62. The second-order valence-electron chi connectivity index (χ2n) is 6.23. The second-order valence-corrected chi connectivity index (χ2v) is 6.23. The number of nitrogens with zero attached hydrogens (tertiary/aromatic N) is 1. The van der Waals surface area contributed by atoms with Gasteiger partial charge in [0.05, 0.1) is 14.2 Å². The Kier molecular flexibility index (Phi) is 8.27. The van der Waals surface area contributed by atoms with Crippen LogP contribution in [0.25, 0.3) is 0 Å². The zero-order chi connectivity index (χ0) is 20.4. The van der Waals surface area contributed by atoms with Crippen LogP contribution in [0.15, 0.2) is 36.5 Å². The molecule has 2 amide bonds. The van der Waals surface area contributed by atoms with Gasteiger partial charge in [-0.15, -0.1) is 0 Å². The Morgan fingerprint density at radius 2 is 1.71 bits per heavy atom. The number of carbonyl (C=O) groups is 2. The Balaban J connectivity index is 1.91. The van der Waals surface area contributed by atoms with E-state index in [1.165, 1.54) is 12.3 Å². The number of nitrogens with one attached hydrogen (secondary N) is 2. The highest BCUT2D eigenvalue weighted by Gasteiger charge is 2.11. The topological polar surface area (TPSA) is 89.6 Å². The maximum absolute atomic E-state index is 12.4. The summed E-state index contributed by atoms with van der Waals surface area (Å²) in [5.41, 5.74) is 1.66. The lowest BCUT2D eigenvalue weighted by molar-refractivity contribution is 0.0948. The van der Waals surface area contributed by atoms with Crippen molar-refractivity contribution in [2.45, 2.75) is 26.2 Å². The molecule has 1 aromatic carbocycles. The Morgan fingerprint density at radius 3 is 2.43 bits per heavy atom. The number of rotatable bonds is 10. The largest absolute Gasteiger partial charge is 0.493 e. The number of benzene rings is 1. The van der Waals surface area contributed by atoms with E-state index in [1.807, 2.05) is 18.2 Å². The zero-order valence-corrected chi connectivity index (χ0v) is 16.6. The van der Waals surface area contributed by atoms with Crippen molar-refractivity contribution in [1.29, 1.82) is 0 Å². The average molecular weight is 385 g/mol. The first kappa shape index (κ1) is 21.2. The molecule has 7 heteroatoms. The van der Waals surface area contributed by atoms with Gasteiger partial charge in [-0.05, 0) is 42.7 Å². The molecule has 0 saturated heterocycles. The molecule has 0 spiro atoms. The van der Waals surface area contributed by atoms with Crippen LogP contribution in [0.2, 0.25) is 0 Å². The van der Waals surface area contributed by atoms with Gasteiger partial charge in [-0.2, -0.15) is 0 Å². The molecule has 1 aromatic heterocycles. The summed E-state index contributed by atoms with van der Waals surface area (Å²) in [6, 6.07) is 8.75. The predicted molar refractivity (Wildman–Crippen MR) is 107 cm³/mol. The Morgan fingerprint density at radius 1 is 0.964 bits per heavy atom. The third-order valence-electron chi connectivity index (χ3n) is 4.22. The van der Waals surface area contributed by atoms with Crippen LogP contribution in [-0.4, -0.2) is 44.1 Å². The number of pyridine rings is 1. The van der Waals surface area contributed by atoms with E-state index in [4.69, 9.17) is 9.47 Å². The minimum absolute atomic E-state index is 0.239. The van der Waals surface area contributed by atoms with Gasteiger partial charge in [0.2, 0.25) is 0 Å². The number of hydrogen-bond donors (Lipinski definition) is 2. The van der Waals surface area contributed by atoms with E-state index in [9.17, 15) is 9.59 Å². The number of methoxy groups -OCH3 is 2. The summed E-state index contributed by atoms with van der Waals surface area (Å²) >= 11 is 0. The Hall–Kier alpha value is -3.09. The summed E-state index contributed by atoms with van der Waals surface area (Å²) in [6.45, 7) is 3.10. The van der Waals surface area contributed by atoms with Gasteiger partial charge in [-0.25, -0.2) is 0 Å². The smallest absolute Gasteiger partial charge is 0.269 e. The molecule has 7 nitrogen and oxygen atoms in total. The number of unbranched alkanes of at least 4 members (excludes halogenated alkanes) is 1. The maximum Gasteiger partial charge on any atom is 0.269 e. The summed E-state index contributed by atoms with van der Waals surface area (Å²) < 4.78 is 10.5. The number of carbonyl (C=O) groups excluding carboxylic acids is 2. The van der Waals surface area contributed by atoms with Gasteiger partial charge < -0.3 is 20.1 Å². The van der Waals surface area contributed by atoms with Crippen LogP contribution < -0.4 is 20.1 Å². The third-order valence-corrected chi connectivity index (χ3v) is 4.22. The van der Waals surface area contributed by atoms with Crippen molar-refractivity contribution >= 4 is 11.8 Å². The highest BCUT2D eigenvalue weighted by molar-refractivity contribution is 5.98. The highest BCUT2D eigenvalue weighted by atomic mass is 16.5. The van der Waals surface area contributed by atoms with Gasteiger partial charge in [-0.3, -0.25) is 14.6 Å². The minimum Gasteiger partial charge on any atom is -0.493 e. The molecule has 0 aliphatic heterocycles. The summed E-state index contributed by atoms with van der Waals surface area (Å²) in [7, 11) is 3.17. The van der Waals surface area contributed by atoms with Crippen LogP contribution >= 0.6 is 0 Å². The molecule has 28 heavy (non-hydrogen) atoms. The fourth-order valence-electron chi connectivity index (χ4n) is 2.62. The second kappa shape index (κ2) is 10.9. The third kappa shape index (κ3) is 5.97. The minimum atomic E-state index is -0.270. The Bertz CT molecular complexity index is 808. The molecule has 2 N–H and O–H groups in total. The molecule has 0 unspecified atom stereocenters. The van der Waals surface area contributed by atoms with Gasteiger partial charge in [0.15, 0.2) is 11.5 Å².